The van der Waals surface area contributed by atoms with Crippen LogP contribution >= 0.6 is 11.6 Å². The molecule has 0 fully saturated rings. The first-order chi connectivity index (χ1) is 15.8. The number of benzene rings is 3. The Morgan fingerprint density at radius 3 is 1.88 bits per heavy atom. The van der Waals surface area contributed by atoms with Crippen molar-refractivity contribution in [2.24, 2.45) is 0 Å². The fourth-order valence-corrected chi connectivity index (χ4v) is 3.77. The number of halogens is 1. The van der Waals surface area contributed by atoms with Crippen molar-refractivity contribution in [3.63, 3.8) is 0 Å². The van der Waals surface area contributed by atoms with Gasteiger partial charge in [-0.1, -0.05) is 66.2 Å². The zero-order valence-corrected chi connectivity index (χ0v) is 17.9. The molecule has 0 radical (unpaired) electrons. The number of aromatic nitrogens is 2. The number of hydrogen-bond acceptors (Lipinski definition) is 3. The molecule has 2 heterocycles. The van der Waals surface area contributed by atoms with Gasteiger partial charge in [-0.2, -0.15) is 0 Å². The summed E-state index contributed by atoms with van der Waals surface area (Å²) < 4.78 is 6.14. The predicted molar refractivity (Wildman–Crippen MR) is 130 cm³/mol. The van der Waals surface area contributed by atoms with Crippen LogP contribution in [-0.2, 0) is 0 Å². The summed E-state index contributed by atoms with van der Waals surface area (Å²) >= 11 is 6.32. The predicted octanol–water partition coefficient (Wildman–Crippen LogP) is 7.92. The van der Waals surface area contributed by atoms with Crippen LogP contribution in [0.15, 0.2) is 116 Å². The average molecular weight is 435 g/mol. The summed E-state index contributed by atoms with van der Waals surface area (Å²) in [6.07, 6.45) is 3.64. The lowest BCUT2D eigenvalue weighted by atomic mass is 10.1. The minimum Gasteiger partial charge on any atom is -0.457 e. The molecule has 0 saturated carbocycles. The summed E-state index contributed by atoms with van der Waals surface area (Å²) in [6, 6.07) is 33.5. The van der Waals surface area contributed by atoms with Gasteiger partial charge in [0.25, 0.3) is 0 Å². The van der Waals surface area contributed by atoms with Gasteiger partial charge in [0.05, 0.1) is 11.4 Å². The Kier molecular flexibility index (Phi) is 5.65. The molecular formula is C28H19ClN2O. The van der Waals surface area contributed by atoms with Crippen molar-refractivity contribution in [1.29, 1.82) is 0 Å². The van der Waals surface area contributed by atoms with Crippen molar-refractivity contribution >= 4 is 11.6 Å². The fraction of sp³-hybridized carbons (Fsp3) is 0. The molecule has 2 aromatic heterocycles. The van der Waals surface area contributed by atoms with E-state index < -0.39 is 0 Å². The highest BCUT2D eigenvalue weighted by Crippen LogP contribution is 2.31. The molecule has 0 aliphatic heterocycles. The van der Waals surface area contributed by atoms with Gasteiger partial charge in [-0.25, -0.2) is 0 Å². The smallest absolute Gasteiger partial charge is 0.128 e. The van der Waals surface area contributed by atoms with Gasteiger partial charge in [0.2, 0.25) is 0 Å². The fourth-order valence-electron chi connectivity index (χ4n) is 3.53. The van der Waals surface area contributed by atoms with Crippen molar-refractivity contribution < 1.29 is 4.74 Å². The van der Waals surface area contributed by atoms with Crippen molar-refractivity contribution in [3.8, 4) is 45.1 Å². The quantitative estimate of drug-likeness (QED) is 0.281. The molecule has 3 aromatic carbocycles. The maximum Gasteiger partial charge on any atom is 0.128 e. The Morgan fingerprint density at radius 2 is 1.25 bits per heavy atom. The zero-order chi connectivity index (χ0) is 21.8. The minimum atomic E-state index is 0.713. The largest absolute Gasteiger partial charge is 0.457 e. The lowest BCUT2D eigenvalue weighted by Crippen LogP contribution is -1.89. The SMILES string of the molecule is Clc1ccccc1-c1ccc(-c2cccc(Oc3cccc(-c4ccccn4)c3)c2)nc1. The van der Waals surface area contributed by atoms with E-state index in [1.54, 1.807) is 6.20 Å². The Balaban J connectivity index is 1.38. The number of pyridine rings is 2. The molecule has 0 saturated heterocycles. The monoisotopic (exact) mass is 434 g/mol. The third-order valence-electron chi connectivity index (χ3n) is 5.11. The van der Waals surface area contributed by atoms with Crippen LogP contribution < -0.4 is 4.74 Å². The molecule has 32 heavy (non-hydrogen) atoms. The molecule has 0 aliphatic carbocycles. The molecule has 0 N–H and O–H groups in total. The van der Waals surface area contributed by atoms with E-state index in [4.69, 9.17) is 16.3 Å². The van der Waals surface area contributed by atoms with Crippen molar-refractivity contribution in [3.05, 3.63) is 121 Å². The number of ether oxygens (including phenoxy) is 1. The van der Waals surface area contributed by atoms with Gasteiger partial charge >= 0.3 is 0 Å². The Labute approximate surface area is 192 Å². The Hall–Kier alpha value is -3.95. The first-order valence-electron chi connectivity index (χ1n) is 10.3. The highest BCUT2D eigenvalue weighted by atomic mass is 35.5. The molecule has 5 rings (SSSR count). The van der Waals surface area contributed by atoms with Crippen LogP contribution in [0.1, 0.15) is 0 Å². The van der Waals surface area contributed by atoms with Crippen LogP contribution in [0.25, 0.3) is 33.6 Å². The summed E-state index contributed by atoms with van der Waals surface area (Å²) in [5.74, 6) is 1.50. The second-order valence-corrected chi connectivity index (χ2v) is 7.69. The molecule has 154 valence electrons. The van der Waals surface area contributed by atoms with E-state index in [0.29, 0.717) is 5.02 Å². The summed E-state index contributed by atoms with van der Waals surface area (Å²) in [7, 11) is 0. The minimum absolute atomic E-state index is 0.713. The molecule has 5 aromatic rings. The lowest BCUT2D eigenvalue weighted by Gasteiger charge is -2.10. The standard InChI is InChI=1S/C28H19ClN2O/c29-26-12-2-1-11-25(26)22-14-15-28(31-19-22)21-8-6-10-24(18-21)32-23-9-5-7-20(17-23)27-13-3-4-16-30-27/h1-19H. The molecule has 0 aliphatic rings. The molecule has 0 atom stereocenters. The van der Waals surface area contributed by atoms with Gasteiger partial charge in [0.15, 0.2) is 0 Å². The van der Waals surface area contributed by atoms with Crippen molar-refractivity contribution in [1.82, 2.24) is 9.97 Å². The zero-order valence-electron chi connectivity index (χ0n) is 17.2. The molecule has 0 spiro atoms. The van der Waals surface area contributed by atoms with Crippen molar-refractivity contribution in [2.75, 3.05) is 0 Å². The van der Waals surface area contributed by atoms with Gasteiger partial charge in [0, 0.05) is 39.7 Å². The van der Waals surface area contributed by atoms with Gasteiger partial charge < -0.3 is 4.74 Å². The summed E-state index contributed by atoms with van der Waals surface area (Å²) in [4.78, 5) is 9.06. The molecular weight excluding hydrogens is 416 g/mol. The van der Waals surface area contributed by atoms with E-state index >= 15 is 0 Å². The molecule has 0 amide bonds. The second kappa shape index (κ2) is 9.04. The van der Waals surface area contributed by atoms with Crippen LogP contribution in [0.5, 0.6) is 11.5 Å². The normalized spacial score (nSPS) is 10.7. The van der Waals surface area contributed by atoms with Crippen LogP contribution in [0.4, 0.5) is 0 Å². The van der Waals surface area contributed by atoms with E-state index in [-0.39, 0.29) is 0 Å². The van der Waals surface area contributed by atoms with E-state index in [9.17, 15) is 0 Å². The third-order valence-corrected chi connectivity index (χ3v) is 5.44. The molecule has 4 heteroatoms. The average Bonchev–Trinajstić information content (AvgIpc) is 2.85. The second-order valence-electron chi connectivity index (χ2n) is 7.28. The highest BCUT2D eigenvalue weighted by molar-refractivity contribution is 6.33. The van der Waals surface area contributed by atoms with E-state index in [0.717, 1.165) is 45.1 Å². The Bertz CT molecular complexity index is 1350. The maximum absolute atomic E-state index is 6.32. The van der Waals surface area contributed by atoms with E-state index in [1.165, 1.54) is 0 Å². The van der Waals surface area contributed by atoms with Gasteiger partial charge in [-0.05, 0) is 48.5 Å². The topological polar surface area (TPSA) is 35.0 Å². The summed E-state index contributed by atoms with van der Waals surface area (Å²) in [5, 5.41) is 0.713. The van der Waals surface area contributed by atoms with E-state index in [1.807, 2.05) is 109 Å². The van der Waals surface area contributed by atoms with Gasteiger partial charge in [-0.15, -0.1) is 0 Å². The van der Waals surface area contributed by atoms with Gasteiger partial charge in [0.1, 0.15) is 11.5 Å². The maximum atomic E-state index is 6.32. The summed E-state index contributed by atoms with van der Waals surface area (Å²) in [5.41, 5.74) is 5.73. The van der Waals surface area contributed by atoms with Crippen molar-refractivity contribution in [2.45, 2.75) is 0 Å². The number of hydrogen-bond donors (Lipinski definition) is 0. The first-order valence-corrected chi connectivity index (χ1v) is 10.6. The third kappa shape index (κ3) is 4.39. The summed E-state index contributed by atoms with van der Waals surface area (Å²) in [6.45, 7) is 0. The lowest BCUT2D eigenvalue weighted by molar-refractivity contribution is 0.483. The number of rotatable bonds is 5. The van der Waals surface area contributed by atoms with Crippen LogP contribution in [0.3, 0.4) is 0 Å². The molecule has 0 bridgehead atoms. The van der Waals surface area contributed by atoms with Crippen LogP contribution in [-0.4, -0.2) is 9.97 Å². The number of nitrogens with zero attached hydrogens (tertiary/aromatic N) is 2. The molecule has 0 unspecified atom stereocenters. The molecule has 3 nitrogen and oxygen atoms in total. The van der Waals surface area contributed by atoms with Crippen LogP contribution in [0, 0.1) is 0 Å². The first kappa shape index (κ1) is 20.0. The van der Waals surface area contributed by atoms with E-state index in [2.05, 4.69) is 9.97 Å². The Morgan fingerprint density at radius 1 is 0.562 bits per heavy atom. The van der Waals surface area contributed by atoms with Crippen LogP contribution in [0.2, 0.25) is 5.02 Å². The highest BCUT2D eigenvalue weighted by Gasteiger charge is 2.07. The van der Waals surface area contributed by atoms with Gasteiger partial charge in [-0.3, -0.25) is 9.97 Å².